The first kappa shape index (κ1) is 17.5. The van der Waals surface area contributed by atoms with Gasteiger partial charge in [0.05, 0.1) is 16.8 Å². The Bertz CT molecular complexity index is 750. The van der Waals surface area contributed by atoms with E-state index in [1.807, 2.05) is 11.0 Å². The molecular formula is C22H30FN3O. The second-order valence-electron chi connectivity index (χ2n) is 9.66. The molecule has 27 heavy (non-hydrogen) atoms. The number of hydrogen-bond acceptors (Lipinski definition) is 3. The molecule has 146 valence electrons. The molecule has 4 bridgehead atoms. The van der Waals surface area contributed by atoms with E-state index in [0.29, 0.717) is 24.3 Å². The summed E-state index contributed by atoms with van der Waals surface area (Å²) in [5.41, 5.74) is 1.38. The normalized spacial score (nSPS) is 36.4. The van der Waals surface area contributed by atoms with Crippen LogP contribution < -0.4 is 10.2 Å². The van der Waals surface area contributed by atoms with Gasteiger partial charge in [-0.2, -0.15) is 0 Å². The predicted octanol–water partition coefficient (Wildman–Crippen LogP) is 3.73. The second kappa shape index (κ2) is 6.20. The molecule has 1 heterocycles. The zero-order chi connectivity index (χ0) is 18.8. The maximum absolute atomic E-state index is 14.1. The summed E-state index contributed by atoms with van der Waals surface area (Å²) in [7, 11) is 4.10. The number of hydrogen-bond donors (Lipinski definition) is 1. The molecule has 1 spiro atoms. The van der Waals surface area contributed by atoms with Crippen LogP contribution in [-0.2, 0) is 4.79 Å². The van der Waals surface area contributed by atoms with Crippen molar-refractivity contribution in [2.24, 2.45) is 23.2 Å². The monoisotopic (exact) mass is 371 g/mol. The van der Waals surface area contributed by atoms with Crippen LogP contribution in [0.4, 0.5) is 15.8 Å². The van der Waals surface area contributed by atoms with Gasteiger partial charge in [0, 0.05) is 12.6 Å². The average Bonchev–Trinajstić information content (AvgIpc) is 2.70. The SMILES string of the molecule is CN(C)CCCN1C(=O)C23CC4CC(CC(C4)C2Nc2ccc(F)cc21)C3. The van der Waals surface area contributed by atoms with Gasteiger partial charge in [-0.15, -0.1) is 0 Å². The lowest BCUT2D eigenvalue weighted by Crippen LogP contribution is -2.63. The Morgan fingerprint density at radius 2 is 1.96 bits per heavy atom. The minimum atomic E-state index is -0.289. The van der Waals surface area contributed by atoms with Gasteiger partial charge in [-0.1, -0.05) is 0 Å². The number of nitrogens with zero attached hydrogens (tertiary/aromatic N) is 2. The highest BCUT2D eigenvalue weighted by Gasteiger charge is 2.62. The summed E-state index contributed by atoms with van der Waals surface area (Å²) < 4.78 is 14.1. The quantitative estimate of drug-likeness (QED) is 0.876. The van der Waals surface area contributed by atoms with E-state index in [1.165, 1.54) is 25.3 Å². The van der Waals surface area contributed by atoms with Crippen molar-refractivity contribution in [2.45, 2.75) is 44.6 Å². The van der Waals surface area contributed by atoms with E-state index in [4.69, 9.17) is 0 Å². The lowest BCUT2D eigenvalue weighted by molar-refractivity contribution is -0.145. The summed E-state index contributed by atoms with van der Waals surface area (Å²) in [4.78, 5) is 18.0. The molecule has 5 aliphatic rings. The van der Waals surface area contributed by atoms with Gasteiger partial charge in [-0.25, -0.2) is 4.39 Å². The molecule has 1 aromatic rings. The van der Waals surface area contributed by atoms with Crippen molar-refractivity contribution >= 4 is 17.3 Å². The highest BCUT2D eigenvalue weighted by atomic mass is 19.1. The first-order valence-corrected chi connectivity index (χ1v) is 10.5. The van der Waals surface area contributed by atoms with Crippen molar-refractivity contribution in [1.82, 2.24) is 4.90 Å². The molecule has 1 amide bonds. The van der Waals surface area contributed by atoms with Crippen LogP contribution in [0.1, 0.15) is 38.5 Å². The van der Waals surface area contributed by atoms with Crippen molar-refractivity contribution in [1.29, 1.82) is 0 Å². The van der Waals surface area contributed by atoms with Gasteiger partial charge in [0.1, 0.15) is 5.82 Å². The van der Waals surface area contributed by atoms with E-state index < -0.39 is 0 Å². The van der Waals surface area contributed by atoms with Gasteiger partial charge < -0.3 is 15.1 Å². The highest BCUT2D eigenvalue weighted by Crippen LogP contribution is 2.62. The van der Waals surface area contributed by atoms with Gasteiger partial charge in [0.15, 0.2) is 0 Å². The molecule has 4 fully saturated rings. The molecule has 1 aromatic carbocycles. The Morgan fingerprint density at radius 1 is 1.22 bits per heavy atom. The third-order valence-corrected chi connectivity index (χ3v) is 7.53. The molecule has 1 aliphatic heterocycles. The fourth-order valence-corrected chi connectivity index (χ4v) is 6.77. The van der Waals surface area contributed by atoms with E-state index in [9.17, 15) is 9.18 Å². The first-order chi connectivity index (χ1) is 13.0. The number of nitrogens with one attached hydrogen (secondary N) is 1. The maximum Gasteiger partial charge on any atom is 0.235 e. The number of anilines is 2. The topological polar surface area (TPSA) is 35.6 Å². The van der Waals surface area contributed by atoms with Crippen molar-refractivity contribution in [2.75, 3.05) is 37.4 Å². The van der Waals surface area contributed by atoms with Gasteiger partial charge in [-0.3, -0.25) is 4.79 Å². The van der Waals surface area contributed by atoms with Crippen LogP contribution in [0.15, 0.2) is 18.2 Å². The van der Waals surface area contributed by atoms with Crippen molar-refractivity contribution in [3.63, 3.8) is 0 Å². The summed E-state index contributed by atoms with van der Waals surface area (Å²) in [6.07, 6.45) is 6.72. The van der Waals surface area contributed by atoms with Crippen LogP contribution in [0.5, 0.6) is 0 Å². The maximum atomic E-state index is 14.1. The van der Waals surface area contributed by atoms with Crippen LogP contribution in [0.25, 0.3) is 0 Å². The predicted molar refractivity (Wildman–Crippen MR) is 105 cm³/mol. The molecule has 0 aromatic heterocycles. The number of benzene rings is 1. The van der Waals surface area contributed by atoms with E-state index in [-0.39, 0.29) is 23.2 Å². The van der Waals surface area contributed by atoms with Crippen LogP contribution in [0, 0.1) is 29.0 Å². The zero-order valence-electron chi connectivity index (χ0n) is 16.4. The molecule has 1 N–H and O–H groups in total. The Hall–Kier alpha value is -1.62. The van der Waals surface area contributed by atoms with E-state index in [0.717, 1.165) is 37.2 Å². The lowest BCUT2D eigenvalue weighted by atomic mass is 9.47. The highest BCUT2D eigenvalue weighted by molar-refractivity contribution is 6.03. The summed E-state index contributed by atoms with van der Waals surface area (Å²) in [6.45, 7) is 1.58. The van der Waals surface area contributed by atoms with E-state index in [1.54, 1.807) is 6.07 Å². The molecular weight excluding hydrogens is 341 g/mol. The molecule has 0 saturated heterocycles. The third kappa shape index (κ3) is 2.69. The number of carbonyl (C=O) groups excluding carboxylic acids is 1. The number of carbonyl (C=O) groups is 1. The van der Waals surface area contributed by atoms with Crippen molar-refractivity contribution in [3.8, 4) is 0 Å². The molecule has 3 atom stereocenters. The molecule has 4 saturated carbocycles. The summed E-state index contributed by atoms with van der Waals surface area (Å²) in [6, 6.07) is 5.11. The summed E-state index contributed by atoms with van der Waals surface area (Å²) in [5, 5.41) is 3.74. The zero-order valence-corrected chi connectivity index (χ0v) is 16.4. The second-order valence-corrected chi connectivity index (χ2v) is 9.66. The fraction of sp³-hybridized carbons (Fsp3) is 0.682. The smallest absolute Gasteiger partial charge is 0.235 e. The third-order valence-electron chi connectivity index (χ3n) is 7.53. The summed E-state index contributed by atoms with van der Waals surface area (Å²) in [5.74, 6) is 1.97. The van der Waals surface area contributed by atoms with Crippen LogP contribution in [-0.4, -0.2) is 44.0 Å². The van der Waals surface area contributed by atoms with Gasteiger partial charge in [0.2, 0.25) is 5.91 Å². The largest absolute Gasteiger partial charge is 0.379 e. The number of halogens is 1. The van der Waals surface area contributed by atoms with Crippen LogP contribution >= 0.6 is 0 Å². The van der Waals surface area contributed by atoms with Crippen molar-refractivity contribution in [3.05, 3.63) is 24.0 Å². The molecule has 0 radical (unpaired) electrons. The first-order valence-electron chi connectivity index (χ1n) is 10.5. The minimum absolute atomic E-state index is 0.209. The van der Waals surface area contributed by atoms with Crippen LogP contribution in [0.3, 0.4) is 0 Å². The van der Waals surface area contributed by atoms with E-state index >= 15 is 0 Å². The van der Waals surface area contributed by atoms with E-state index in [2.05, 4.69) is 24.3 Å². The van der Waals surface area contributed by atoms with Gasteiger partial charge in [0.25, 0.3) is 0 Å². The van der Waals surface area contributed by atoms with Gasteiger partial charge >= 0.3 is 0 Å². The number of rotatable bonds is 4. The average molecular weight is 372 g/mol. The molecule has 4 aliphatic carbocycles. The minimum Gasteiger partial charge on any atom is -0.379 e. The van der Waals surface area contributed by atoms with Crippen LogP contribution in [0.2, 0.25) is 0 Å². The Balaban J connectivity index is 1.56. The lowest BCUT2D eigenvalue weighted by Gasteiger charge is -2.60. The summed E-state index contributed by atoms with van der Waals surface area (Å²) >= 11 is 0. The number of fused-ring (bicyclic) bond motifs is 1. The Morgan fingerprint density at radius 3 is 2.67 bits per heavy atom. The molecule has 6 rings (SSSR count). The standard InChI is InChI=1S/C22H30FN3O/c1-25(2)6-3-7-26-19-11-17(23)4-5-18(19)24-20-16-9-14-8-15(10-16)13-22(20,12-14)21(26)27/h4-5,11,14-16,20,24H,3,6-10,12-13H2,1-2H3. The molecule has 5 heteroatoms. The molecule has 4 nitrogen and oxygen atoms in total. The number of amides is 1. The van der Waals surface area contributed by atoms with Gasteiger partial charge in [-0.05, 0) is 95.1 Å². The molecule has 3 unspecified atom stereocenters. The Kier molecular flexibility index (Phi) is 4.01. The Labute approximate surface area is 161 Å². The van der Waals surface area contributed by atoms with Crippen molar-refractivity contribution < 1.29 is 9.18 Å². The fourth-order valence-electron chi connectivity index (χ4n) is 6.77.